The van der Waals surface area contributed by atoms with Crippen molar-refractivity contribution in [2.75, 3.05) is 6.61 Å². The summed E-state index contributed by atoms with van der Waals surface area (Å²) < 4.78 is 0. The molecule has 0 aliphatic carbocycles. The van der Waals surface area contributed by atoms with Crippen molar-refractivity contribution in [1.29, 1.82) is 0 Å². The molecule has 16 heavy (non-hydrogen) atoms. The molecule has 1 atom stereocenters. The molecule has 2 N–H and O–H groups in total. The van der Waals surface area contributed by atoms with E-state index in [4.69, 9.17) is 5.11 Å². The van der Waals surface area contributed by atoms with Crippen molar-refractivity contribution in [3.8, 4) is 0 Å². The molecule has 0 saturated carbocycles. The molecular weight excluding hydrogens is 202 g/mol. The quantitative estimate of drug-likeness (QED) is 0.814. The number of carbonyl (C=O) groups is 1. The summed E-state index contributed by atoms with van der Waals surface area (Å²) in [6.45, 7) is 5.75. The Morgan fingerprint density at radius 2 is 1.94 bits per heavy atom. The Labute approximate surface area is 96.5 Å². The molecule has 1 rings (SSSR count). The van der Waals surface area contributed by atoms with Crippen LogP contribution in [0.3, 0.4) is 0 Å². The maximum Gasteiger partial charge on any atom is 0.252 e. The summed E-state index contributed by atoms with van der Waals surface area (Å²) in [4.78, 5) is 12.0. The van der Waals surface area contributed by atoms with Gasteiger partial charge in [-0.3, -0.25) is 4.79 Å². The van der Waals surface area contributed by atoms with Crippen LogP contribution in [0.5, 0.6) is 0 Å². The molecule has 0 aromatic heterocycles. The largest absolute Gasteiger partial charge is 0.394 e. The summed E-state index contributed by atoms with van der Waals surface area (Å²) in [5.74, 6) is -0.100. The minimum absolute atomic E-state index is 0.0207. The maximum atomic E-state index is 12.0. The van der Waals surface area contributed by atoms with Gasteiger partial charge in [0.25, 0.3) is 5.91 Å². The molecule has 3 nitrogen and oxygen atoms in total. The van der Waals surface area contributed by atoms with Crippen molar-refractivity contribution in [3.63, 3.8) is 0 Å². The molecule has 0 aliphatic heterocycles. The summed E-state index contributed by atoms with van der Waals surface area (Å²) in [6.07, 6.45) is 0.729. The summed E-state index contributed by atoms with van der Waals surface area (Å²) in [6, 6.07) is 5.61. The fraction of sp³-hybridized carbons (Fsp3) is 0.462. The zero-order valence-electron chi connectivity index (χ0n) is 10.1. The highest BCUT2D eigenvalue weighted by molar-refractivity contribution is 5.97. The van der Waals surface area contributed by atoms with Crippen LogP contribution in [-0.4, -0.2) is 23.7 Å². The van der Waals surface area contributed by atoms with E-state index in [1.807, 2.05) is 39.0 Å². The van der Waals surface area contributed by atoms with Gasteiger partial charge in [-0.05, 0) is 31.4 Å². The average Bonchev–Trinajstić information content (AvgIpc) is 2.25. The van der Waals surface area contributed by atoms with E-state index in [1.165, 1.54) is 0 Å². The standard InChI is InChI=1S/C13H19NO2/c1-4-11(8-15)14-13(16)12-9(2)6-5-7-10(12)3/h5-7,11,15H,4,8H2,1-3H3,(H,14,16)/t11-/m1/s1. The number of carbonyl (C=O) groups excluding carboxylic acids is 1. The van der Waals surface area contributed by atoms with Gasteiger partial charge in [0.15, 0.2) is 0 Å². The van der Waals surface area contributed by atoms with E-state index < -0.39 is 0 Å². The molecule has 0 heterocycles. The van der Waals surface area contributed by atoms with Crippen molar-refractivity contribution < 1.29 is 9.90 Å². The van der Waals surface area contributed by atoms with Crippen LogP contribution in [-0.2, 0) is 0 Å². The number of benzene rings is 1. The average molecular weight is 221 g/mol. The molecule has 0 aliphatic rings. The van der Waals surface area contributed by atoms with Crippen molar-refractivity contribution in [2.24, 2.45) is 0 Å². The van der Waals surface area contributed by atoms with Gasteiger partial charge in [0.2, 0.25) is 0 Å². The number of hydrogen-bond donors (Lipinski definition) is 2. The topological polar surface area (TPSA) is 49.3 Å². The molecule has 1 aromatic carbocycles. The number of aliphatic hydroxyl groups is 1. The number of amides is 1. The van der Waals surface area contributed by atoms with Crippen LogP contribution in [0.2, 0.25) is 0 Å². The van der Waals surface area contributed by atoms with E-state index in [0.29, 0.717) is 0 Å². The van der Waals surface area contributed by atoms with Gasteiger partial charge >= 0.3 is 0 Å². The van der Waals surface area contributed by atoms with Crippen molar-refractivity contribution in [2.45, 2.75) is 33.2 Å². The SMILES string of the molecule is CC[C@H](CO)NC(=O)c1c(C)cccc1C. The second kappa shape index (κ2) is 5.66. The van der Waals surface area contributed by atoms with E-state index >= 15 is 0 Å². The third kappa shape index (κ3) is 2.83. The zero-order chi connectivity index (χ0) is 12.1. The van der Waals surface area contributed by atoms with Crippen molar-refractivity contribution in [3.05, 3.63) is 34.9 Å². The third-order valence-electron chi connectivity index (χ3n) is 2.76. The lowest BCUT2D eigenvalue weighted by Gasteiger charge is -2.16. The Bertz CT molecular complexity index is 350. The van der Waals surface area contributed by atoms with Gasteiger partial charge in [-0.2, -0.15) is 0 Å². The van der Waals surface area contributed by atoms with Gasteiger partial charge in [0.1, 0.15) is 0 Å². The van der Waals surface area contributed by atoms with E-state index in [9.17, 15) is 4.79 Å². The summed E-state index contributed by atoms with van der Waals surface area (Å²) in [7, 11) is 0. The predicted octanol–water partition coefficient (Wildman–Crippen LogP) is 1.80. The molecule has 88 valence electrons. The van der Waals surface area contributed by atoms with Crippen LogP contribution in [0, 0.1) is 13.8 Å². The van der Waals surface area contributed by atoms with Crippen molar-refractivity contribution in [1.82, 2.24) is 5.32 Å². The fourth-order valence-corrected chi connectivity index (χ4v) is 1.71. The van der Waals surface area contributed by atoms with Crippen LogP contribution >= 0.6 is 0 Å². The smallest absolute Gasteiger partial charge is 0.252 e. The number of hydrogen-bond acceptors (Lipinski definition) is 2. The lowest BCUT2D eigenvalue weighted by molar-refractivity contribution is 0.0913. The van der Waals surface area contributed by atoms with Crippen LogP contribution in [0.25, 0.3) is 0 Å². The van der Waals surface area contributed by atoms with Crippen molar-refractivity contribution >= 4 is 5.91 Å². The number of nitrogens with one attached hydrogen (secondary N) is 1. The lowest BCUT2D eigenvalue weighted by atomic mass is 10.0. The van der Waals surface area contributed by atoms with Crippen LogP contribution in [0.4, 0.5) is 0 Å². The van der Waals surface area contributed by atoms with E-state index in [0.717, 1.165) is 23.1 Å². The molecule has 0 spiro atoms. The Balaban J connectivity index is 2.88. The summed E-state index contributed by atoms with van der Waals surface area (Å²) in [5, 5.41) is 11.9. The van der Waals surface area contributed by atoms with Crippen LogP contribution in [0.15, 0.2) is 18.2 Å². The molecule has 0 unspecified atom stereocenters. The Morgan fingerprint density at radius 3 is 2.38 bits per heavy atom. The van der Waals surface area contributed by atoms with Gasteiger partial charge in [-0.25, -0.2) is 0 Å². The molecule has 0 radical (unpaired) electrons. The minimum atomic E-state index is -0.161. The first-order valence-corrected chi connectivity index (χ1v) is 5.58. The monoisotopic (exact) mass is 221 g/mol. The second-order valence-corrected chi connectivity index (χ2v) is 4.03. The fourth-order valence-electron chi connectivity index (χ4n) is 1.71. The minimum Gasteiger partial charge on any atom is -0.394 e. The van der Waals surface area contributed by atoms with Gasteiger partial charge in [-0.1, -0.05) is 25.1 Å². The first-order valence-electron chi connectivity index (χ1n) is 5.58. The van der Waals surface area contributed by atoms with Gasteiger partial charge < -0.3 is 10.4 Å². The Morgan fingerprint density at radius 1 is 1.38 bits per heavy atom. The molecule has 1 aromatic rings. The predicted molar refractivity (Wildman–Crippen MR) is 64.5 cm³/mol. The number of aliphatic hydroxyl groups excluding tert-OH is 1. The molecular formula is C13H19NO2. The van der Waals surface area contributed by atoms with Gasteiger partial charge in [-0.15, -0.1) is 0 Å². The van der Waals surface area contributed by atoms with Gasteiger partial charge in [0.05, 0.1) is 12.6 Å². The highest BCUT2D eigenvalue weighted by atomic mass is 16.3. The maximum absolute atomic E-state index is 12.0. The first kappa shape index (κ1) is 12.7. The molecule has 0 bridgehead atoms. The normalized spacial score (nSPS) is 12.2. The summed E-state index contributed by atoms with van der Waals surface area (Å²) in [5.41, 5.74) is 2.64. The molecule has 3 heteroatoms. The molecule has 0 saturated heterocycles. The third-order valence-corrected chi connectivity index (χ3v) is 2.76. The zero-order valence-corrected chi connectivity index (χ0v) is 10.1. The van der Waals surface area contributed by atoms with Gasteiger partial charge in [0, 0.05) is 5.56 Å². The Kier molecular flexibility index (Phi) is 4.50. The molecule has 1 amide bonds. The lowest BCUT2D eigenvalue weighted by Crippen LogP contribution is -2.37. The van der Waals surface area contributed by atoms with Crippen LogP contribution in [0.1, 0.15) is 34.8 Å². The van der Waals surface area contributed by atoms with E-state index in [-0.39, 0.29) is 18.6 Å². The van der Waals surface area contributed by atoms with E-state index in [2.05, 4.69) is 5.32 Å². The highest BCUT2D eigenvalue weighted by Gasteiger charge is 2.14. The first-order chi connectivity index (χ1) is 7.60. The highest BCUT2D eigenvalue weighted by Crippen LogP contribution is 2.13. The van der Waals surface area contributed by atoms with E-state index in [1.54, 1.807) is 0 Å². The second-order valence-electron chi connectivity index (χ2n) is 4.03. The van der Waals surface area contributed by atoms with Crippen LogP contribution < -0.4 is 5.32 Å². The Hall–Kier alpha value is -1.35. The number of aryl methyl sites for hydroxylation is 2. The molecule has 0 fully saturated rings. The summed E-state index contributed by atoms with van der Waals surface area (Å²) >= 11 is 0. The number of rotatable bonds is 4.